The van der Waals surface area contributed by atoms with Crippen LogP contribution in [0.4, 0.5) is 5.69 Å². The second kappa shape index (κ2) is 9.09. The summed E-state index contributed by atoms with van der Waals surface area (Å²) >= 11 is 6.31. The van der Waals surface area contributed by atoms with E-state index in [0.29, 0.717) is 10.8 Å². The minimum Gasteiger partial charge on any atom is -0.466 e. The lowest BCUT2D eigenvalue weighted by molar-refractivity contribution is 0.0512. The molecule has 3 rings (SSSR count). The summed E-state index contributed by atoms with van der Waals surface area (Å²) in [5.41, 5.74) is 2.56. The molecule has 2 aromatic rings. The molecule has 0 aromatic heterocycles. The van der Waals surface area contributed by atoms with Gasteiger partial charge in [0.1, 0.15) is 5.75 Å². The van der Waals surface area contributed by atoms with E-state index in [2.05, 4.69) is 46.2 Å². The maximum atomic E-state index is 6.31. The predicted octanol–water partition coefficient (Wildman–Crippen LogP) is 3.69. The molecule has 0 N–H and O–H groups in total. The van der Waals surface area contributed by atoms with Crippen molar-refractivity contribution < 1.29 is 9.47 Å². The Balaban J connectivity index is 1.49. The Bertz CT molecular complexity index is 658. The molecular formula is C20H25ClN2O2. The fraction of sp³-hybridized carbons (Fsp3) is 0.400. The molecule has 25 heavy (non-hydrogen) atoms. The fourth-order valence-corrected chi connectivity index (χ4v) is 3.32. The molecular weight excluding hydrogens is 336 g/mol. The third-order valence-corrected chi connectivity index (χ3v) is 4.84. The average Bonchev–Trinajstić information content (AvgIpc) is 2.67. The van der Waals surface area contributed by atoms with Crippen molar-refractivity contribution in [3.8, 4) is 5.75 Å². The molecule has 1 heterocycles. The van der Waals surface area contributed by atoms with Gasteiger partial charge in [-0.2, -0.15) is 0 Å². The van der Waals surface area contributed by atoms with E-state index < -0.39 is 0 Å². The summed E-state index contributed by atoms with van der Waals surface area (Å²) in [5.74, 6) is 0.661. The minimum atomic E-state index is 0.207. The van der Waals surface area contributed by atoms with Gasteiger partial charge < -0.3 is 14.4 Å². The van der Waals surface area contributed by atoms with Crippen LogP contribution >= 0.6 is 11.6 Å². The highest BCUT2D eigenvalue weighted by Gasteiger charge is 2.18. The maximum Gasteiger partial charge on any atom is 0.188 e. The Morgan fingerprint density at radius 2 is 1.76 bits per heavy atom. The summed E-state index contributed by atoms with van der Waals surface area (Å²) in [6.45, 7) is 5.51. The molecule has 2 aromatic carbocycles. The van der Waals surface area contributed by atoms with Gasteiger partial charge in [0.15, 0.2) is 6.79 Å². The zero-order valence-corrected chi connectivity index (χ0v) is 15.4. The number of methoxy groups -OCH3 is 1. The minimum absolute atomic E-state index is 0.207. The highest BCUT2D eigenvalue weighted by atomic mass is 35.5. The molecule has 0 saturated carbocycles. The average molecular weight is 361 g/mol. The molecule has 0 spiro atoms. The van der Waals surface area contributed by atoms with Crippen LogP contribution in [0.25, 0.3) is 0 Å². The first-order valence-electron chi connectivity index (χ1n) is 8.69. The van der Waals surface area contributed by atoms with Crippen molar-refractivity contribution in [1.29, 1.82) is 0 Å². The Morgan fingerprint density at radius 1 is 1.00 bits per heavy atom. The number of hydrogen-bond acceptors (Lipinski definition) is 4. The highest BCUT2D eigenvalue weighted by Crippen LogP contribution is 2.30. The normalized spacial score (nSPS) is 15.4. The molecule has 1 aliphatic rings. The van der Waals surface area contributed by atoms with Crippen molar-refractivity contribution in [2.75, 3.05) is 51.5 Å². The molecule has 1 saturated heterocycles. The van der Waals surface area contributed by atoms with Crippen LogP contribution in [-0.4, -0.2) is 51.5 Å². The van der Waals surface area contributed by atoms with Crippen LogP contribution in [0.1, 0.15) is 5.56 Å². The Labute approximate surface area is 154 Å². The molecule has 1 fully saturated rings. The number of benzene rings is 2. The van der Waals surface area contributed by atoms with E-state index in [1.54, 1.807) is 7.11 Å². The molecule has 134 valence electrons. The molecule has 0 unspecified atom stereocenters. The van der Waals surface area contributed by atoms with Gasteiger partial charge in [-0.3, -0.25) is 4.90 Å². The van der Waals surface area contributed by atoms with Gasteiger partial charge in [0, 0.05) is 45.5 Å². The van der Waals surface area contributed by atoms with Gasteiger partial charge in [0.25, 0.3) is 0 Å². The van der Waals surface area contributed by atoms with E-state index in [4.69, 9.17) is 21.1 Å². The van der Waals surface area contributed by atoms with Crippen LogP contribution in [0.5, 0.6) is 5.75 Å². The lowest BCUT2D eigenvalue weighted by Crippen LogP contribution is -2.47. The fourth-order valence-electron chi connectivity index (χ4n) is 3.09. The van der Waals surface area contributed by atoms with Gasteiger partial charge in [0.05, 0.1) is 5.02 Å². The van der Waals surface area contributed by atoms with Crippen molar-refractivity contribution >= 4 is 17.3 Å². The van der Waals surface area contributed by atoms with E-state index in [9.17, 15) is 0 Å². The lowest BCUT2D eigenvalue weighted by Gasteiger charge is -2.36. The highest BCUT2D eigenvalue weighted by molar-refractivity contribution is 6.32. The van der Waals surface area contributed by atoms with Crippen molar-refractivity contribution in [3.63, 3.8) is 0 Å². The van der Waals surface area contributed by atoms with Crippen LogP contribution in [0, 0.1) is 0 Å². The summed E-state index contributed by atoms with van der Waals surface area (Å²) in [6.07, 6.45) is 1.11. The third-order valence-electron chi connectivity index (χ3n) is 4.54. The maximum absolute atomic E-state index is 6.31. The van der Waals surface area contributed by atoms with Crippen LogP contribution in [0.15, 0.2) is 48.5 Å². The number of nitrogens with zero attached hydrogens (tertiary/aromatic N) is 2. The second-order valence-electron chi connectivity index (χ2n) is 6.23. The first-order chi connectivity index (χ1) is 12.3. The van der Waals surface area contributed by atoms with Crippen molar-refractivity contribution in [3.05, 3.63) is 59.1 Å². The van der Waals surface area contributed by atoms with Gasteiger partial charge >= 0.3 is 0 Å². The topological polar surface area (TPSA) is 24.9 Å². The second-order valence-corrected chi connectivity index (χ2v) is 6.64. The first-order valence-corrected chi connectivity index (χ1v) is 9.06. The standard InChI is InChI=1S/C20H25ClN2O2/c1-24-16-25-20-8-7-18(15-19(20)21)23-13-11-22(12-14-23)10-9-17-5-3-2-4-6-17/h2-8,15H,9-14,16H2,1H3. The number of halogens is 1. The number of ether oxygens (including phenoxy) is 2. The first kappa shape index (κ1) is 18.1. The van der Waals surface area contributed by atoms with Gasteiger partial charge in [-0.05, 0) is 30.2 Å². The van der Waals surface area contributed by atoms with E-state index in [1.807, 2.05) is 12.1 Å². The van der Waals surface area contributed by atoms with Gasteiger partial charge in [-0.25, -0.2) is 0 Å². The van der Waals surface area contributed by atoms with Crippen molar-refractivity contribution in [2.45, 2.75) is 6.42 Å². The lowest BCUT2D eigenvalue weighted by atomic mass is 10.1. The summed E-state index contributed by atoms with van der Waals surface area (Å²) in [7, 11) is 1.60. The van der Waals surface area contributed by atoms with E-state index in [1.165, 1.54) is 5.56 Å². The Hall–Kier alpha value is -1.75. The summed E-state index contributed by atoms with van der Waals surface area (Å²) in [4.78, 5) is 4.91. The monoisotopic (exact) mass is 360 g/mol. The Morgan fingerprint density at radius 3 is 2.44 bits per heavy atom. The molecule has 1 aliphatic heterocycles. The van der Waals surface area contributed by atoms with E-state index in [-0.39, 0.29) is 6.79 Å². The van der Waals surface area contributed by atoms with E-state index >= 15 is 0 Å². The SMILES string of the molecule is COCOc1ccc(N2CCN(CCc3ccccc3)CC2)cc1Cl. The van der Waals surface area contributed by atoms with Crippen molar-refractivity contribution in [1.82, 2.24) is 4.90 Å². The summed E-state index contributed by atoms with van der Waals surface area (Å²) < 4.78 is 10.4. The molecule has 0 bridgehead atoms. The van der Waals surface area contributed by atoms with Crippen LogP contribution in [0.2, 0.25) is 5.02 Å². The molecule has 5 heteroatoms. The molecule has 0 atom stereocenters. The largest absolute Gasteiger partial charge is 0.466 e. The van der Waals surface area contributed by atoms with Crippen LogP contribution < -0.4 is 9.64 Å². The zero-order valence-electron chi connectivity index (χ0n) is 14.7. The van der Waals surface area contributed by atoms with E-state index in [0.717, 1.165) is 44.8 Å². The summed E-state index contributed by atoms with van der Waals surface area (Å²) in [6, 6.07) is 16.6. The van der Waals surface area contributed by atoms with Crippen LogP contribution in [0.3, 0.4) is 0 Å². The third kappa shape index (κ3) is 5.11. The smallest absolute Gasteiger partial charge is 0.188 e. The van der Waals surface area contributed by atoms with Gasteiger partial charge in [-0.15, -0.1) is 0 Å². The Kier molecular flexibility index (Phi) is 6.56. The van der Waals surface area contributed by atoms with Crippen LogP contribution in [-0.2, 0) is 11.2 Å². The molecule has 0 aliphatic carbocycles. The molecule has 0 radical (unpaired) electrons. The van der Waals surface area contributed by atoms with Crippen molar-refractivity contribution in [2.24, 2.45) is 0 Å². The number of piperazine rings is 1. The zero-order chi connectivity index (χ0) is 17.5. The predicted molar refractivity (Wildman–Crippen MR) is 103 cm³/mol. The number of hydrogen-bond donors (Lipinski definition) is 0. The van der Waals surface area contributed by atoms with Gasteiger partial charge in [0.2, 0.25) is 0 Å². The molecule has 4 nitrogen and oxygen atoms in total. The molecule has 0 amide bonds. The number of rotatable bonds is 7. The summed E-state index contributed by atoms with van der Waals surface area (Å²) in [5, 5.41) is 0.626. The quantitative estimate of drug-likeness (QED) is 0.703. The van der Waals surface area contributed by atoms with Gasteiger partial charge in [-0.1, -0.05) is 41.9 Å². The number of anilines is 1.